The van der Waals surface area contributed by atoms with Crippen molar-refractivity contribution in [1.82, 2.24) is 4.90 Å². The largest absolute Gasteiger partial charge is 0.573 e. The van der Waals surface area contributed by atoms with E-state index in [-0.39, 0.29) is 35.5 Å². The first kappa shape index (κ1) is 20.0. The van der Waals surface area contributed by atoms with Crippen molar-refractivity contribution in [2.75, 3.05) is 19.7 Å². The molecule has 150 valence electrons. The maximum atomic E-state index is 12.5. The lowest BCUT2D eigenvalue weighted by Gasteiger charge is -2.49. The molecule has 1 aliphatic heterocycles. The molecule has 1 spiro atoms. The molecule has 1 amide bonds. The highest BCUT2D eigenvalue weighted by molar-refractivity contribution is 5.80. The number of amides is 1. The molecular formula is C20H26F3NO3. The molecular weight excluding hydrogens is 359 g/mol. The topological polar surface area (TPSA) is 49.8 Å². The summed E-state index contributed by atoms with van der Waals surface area (Å²) in [5.74, 6) is -0.320. The first-order valence-corrected chi connectivity index (χ1v) is 9.42. The molecule has 3 rings (SSSR count). The third-order valence-corrected chi connectivity index (χ3v) is 5.91. The van der Waals surface area contributed by atoms with Crippen molar-refractivity contribution >= 4 is 5.91 Å². The van der Waals surface area contributed by atoms with Crippen LogP contribution in [0.5, 0.6) is 5.75 Å². The number of hydrogen-bond acceptors (Lipinski definition) is 3. The first-order valence-electron chi connectivity index (χ1n) is 9.42. The second-order valence-corrected chi connectivity index (χ2v) is 8.05. The summed E-state index contributed by atoms with van der Waals surface area (Å²) in [7, 11) is 0. The second kappa shape index (κ2) is 7.34. The van der Waals surface area contributed by atoms with Crippen molar-refractivity contribution in [3.8, 4) is 5.75 Å². The van der Waals surface area contributed by atoms with Crippen LogP contribution in [0.2, 0.25) is 0 Å². The van der Waals surface area contributed by atoms with E-state index in [1.165, 1.54) is 12.1 Å². The zero-order chi connectivity index (χ0) is 19.8. The number of hydrogen-bond donors (Lipinski definition) is 1. The number of ether oxygens (including phenoxy) is 1. The van der Waals surface area contributed by atoms with Gasteiger partial charge in [-0.05, 0) is 61.8 Å². The van der Waals surface area contributed by atoms with Gasteiger partial charge in [0.1, 0.15) is 5.75 Å². The van der Waals surface area contributed by atoms with E-state index < -0.39 is 6.36 Å². The normalized spacial score (nSPS) is 22.6. The van der Waals surface area contributed by atoms with E-state index in [9.17, 15) is 23.1 Å². The average molecular weight is 385 g/mol. The van der Waals surface area contributed by atoms with Crippen molar-refractivity contribution in [1.29, 1.82) is 0 Å². The van der Waals surface area contributed by atoms with E-state index in [4.69, 9.17) is 0 Å². The highest BCUT2D eigenvalue weighted by Crippen LogP contribution is 2.52. The van der Waals surface area contributed by atoms with E-state index in [2.05, 4.69) is 4.74 Å². The summed E-state index contributed by atoms with van der Waals surface area (Å²) in [5.41, 5.74) is 1.67. The Labute approximate surface area is 157 Å². The summed E-state index contributed by atoms with van der Waals surface area (Å²) in [5, 5.41) is 9.31. The molecule has 0 bridgehead atoms. The number of rotatable bonds is 5. The predicted octanol–water partition coefficient (Wildman–Crippen LogP) is 4.01. The lowest BCUT2D eigenvalue weighted by atomic mass is 9.76. The number of aryl methyl sites for hydroxylation is 1. The third kappa shape index (κ3) is 4.39. The molecule has 1 N–H and O–H groups in total. The third-order valence-electron chi connectivity index (χ3n) is 5.91. The molecule has 1 saturated carbocycles. The van der Waals surface area contributed by atoms with Gasteiger partial charge in [-0.3, -0.25) is 4.79 Å². The zero-order valence-corrected chi connectivity index (χ0v) is 15.7. The predicted molar refractivity (Wildman–Crippen MR) is 94.3 cm³/mol. The molecule has 1 unspecified atom stereocenters. The van der Waals surface area contributed by atoms with Crippen molar-refractivity contribution < 1.29 is 27.8 Å². The first-order chi connectivity index (χ1) is 12.6. The minimum atomic E-state index is -4.70. The van der Waals surface area contributed by atoms with Crippen LogP contribution in [0, 0.1) is 18.3 Å². The van der Waals surface area contributed by atoms with Crippen LogP contribution in [0.25, 0.3) is 0 Å². The fourth-order valence-electron chi connectivity index (χ4n) is 4.54. The van der Waals surface area contributed by atoms with E-state index in [0.717, 1.165) is 30.4 Å². The fourth-order valence-corrected chi connectivity index (χ4v) is 4.54. The minimum Gasteiger partial charge on any atom is -0.406 e. The zero-order valence-electron chi connectivity index (χ0n) is 15.7. The van der Waals surface area contributed by atoms with Gasteiger partial charge >= 0.3 is 6.36 Å². The Morgan fingerprint density at radius 1 is 1.37 bits per heavy atom. The van der Waals surface area contributed by atoms with Gasteiger partial charge in [0.2, 0.25) is 5.91 Å². The number of aliphatic hydroxyl groups is 1. The Bertz CT molecular complexity index is 694. The Balaban J connectivity index is 1.65. The van der Waals surface area contributed by atoms with Gasteiger partial charge in [-0.15, -0.1) is 13.2 Å². The van der Waals surface area contributed by atoms with Gasteiger partial charge in [-0.25, -0.2) is 0 Å². The number of benzene rings is 1. The van der Waals surface area contributed by atoms with Crippen LogP contribution < -0.4 is 4.74 Å². The van der Waals surface area contributed by atoms with Crippen LogP contribution in [0.3, 0.4) is 0 Å². The molecule has 4 nitrogen and oxygen atoms in total. The maximum Gasteiger partial charge on any atom is 0.573 e. The molecule has 27 heavy (non-hydrogen) atoms. The molecule has 2 atom stereocenters. The summed E-state index contributed by atoms with van der Waals surface area (Å²) < 4.78 is 41.7. The number of alkyl halides is 3. The number of likely N-dealkylation sites (tertiary alicyclic amines) is 1. The van der Waals surface area contributed by atoms with Crippen molar-refractivity contribution in [3.05, 3.63) is 29.3 Å². The van der Waals surface area contributed by atoms with Gasteiger partial charge in [0.15, 0.2) is 0 Å². The Hall–Kier alpha value is -1.76. The SMILES string of the molecule is CC[C@H](CO)C(=O)N1CC2(CCC(c3cc(C)cc(OC(F)(F)F)c3)C2)C1. The van der Waals surface area contributed by atoms with Gasteiger partial charge in [0, 0.05) is 18.5 Å². The van der Waals surface area contributed by atoms with Gasteiger partial charge in [-0.1, -0.05) is 13.0 Å². The molecule has 1 aliphatic carbocycles. The lowest BCUT2D eigenvalue weighted by Crippen LogP contribution is -2.58. The van der Waals surface area contributed by atoms with Crippen molar-refractivity contribution in [3.63, 3.8) is 0 Å². The molecule has 1 saturated heterocycles. The van der Waals surface area contributed by atoms with Gasteiger partial charge in [-0.2, -0.15) is 0 Å². The number of carbonyl (C=O) groups excluding carboxylic acids is 1. The highest BCUT2D eigenvalue weighted by Gasteiger charge is 2.50. The average Bonchev–Trinajstić information content (AvgIpc) is 2.98. The van der Waals surface area contributed by atoms with Gasteiger partial charge < -0.3 is 14.7 Å². The minimum absolute atomic E-state index is 0.00509. The van der Waals surface area contributed by atoms with E-state index in [0.29, 0.717) is 19.5 Å². The molecule has 1 aromatic carbocycles. The fraction of sp³-hybridized carbons (Fsp3) is 0.650. The Morgan fingerprint density at radius 3 is 2.67 bits per heavy atom. The highest BCUT2D eigenvalue weighted by atomic mass is 19.4. The number of halogens is 3. The summed E-state index contributed by atoms with van der Waals surface area (Å²) >= 11 is 0. The molecule has 0 radical (unpaired) electrons. The van der Waals surface area contributed by atoms with E-state index >= 15 is 0 Å². The summed E-state index contributed by atoms with van der Waals surface area (Å²) in [6.45, 7) is 4.87. The van der Waals surface area contributed by atoms with Gasteiger partial charge in [0.25, 0.3) is 0 Å². The van der Waals surface area contributed by atoms with Crippen molar-refractivity contribution in [2.45, 2.75) is 51.8 Å². The standard InChI is InChI=1S/C20H26F3NO3/c1-3-14(10-25)18(26)24-11-19(12-24)5-4-15(9-19)16-6-13(2)7-17(8-16)27-20(21,22)23/h6-8,14-15,25H,3-5,9-12H2,1-2H3/t14-,15?/m1/s1. The summed E-state index contributed by atoms with van der Waals surface area (Å²) in [6, 6.07) is 4.81. The van der Waals surface area contributed by atoms with Crippen molar-refractivity contribution in [2.24, 2.45) is 11.3 Å². The summed E-state index contributed by atoms with van der Waals surface area (Å²) in [4.78, 5) is 14.2. The Morgan fingerprint density at radius 2 is 2.07 bits per heavy atom. The van der Waals surface area contributed by atoms with Crippen LogP contribution in [-0.2, 0) is 4.79 Å². The summed E-state index contributed by atoms with van der Waals surface area (Å²) in [6.07, 6.45) is -1.36. The molecule has 0 aromatic heterocycles. The lowest BCUT2D eigenvalue weighted by molar-refractivity contribution is -0.274. The van der Waals surface area contributed by atoms with E-state index in [1.807, 2.05) is 13.0 Å². The van der Waals surface area contributed by atoms with Crippen LogP contribution in [0.1, 0.15) is 49.7 Å². The maximum absolute atomic E-state index is 12.5. The Kier molecular flexibility index (Phi) is 5.43. The number of nitrogens with zero attached hydrogens (tertiary/aromatic N) is 1. The smallest absolute Gasteiger partial charge is 0.406 e. The quantitative estimate of drug-likeness (QED) is 0.833. The van der Waals surface area contributed by atoms with Crippen LogP contribution >= 0.6 is 0 Å². The molecule has 7 heteroatoms. The second-order valence-electron chi connectivity index (χ2n) is 8.05. The molecule has 2 fully saturated rings. The number of carbonyl (C=O) groups is 1. The van der Waals surface area contributed by atoms with E-state index in [1.54, 1.807) is 11.8 Å². The van der Waals surface area contributed by atoms with Crippen LogP contribution in [0.15, 0.2) is 18.2 Å². The number of aliphatic hydroxyl groups excluding tert-OH is 1. The molecule has 1 heterocycles. The molecule has 1 aromatic rings. The monoisotopic (exact) mass is 385 g/mol. The molecule has 2 aliphatic rings. The van der Waals surface area contributed by atoms with Gasteiger partial charge in [0.05, 0.1) is 12.5 Å². The van der Waals surface area contributed by atoms with Crippen LogP contribution in [0.4, 0.5) is 13.2 Å². The van der Waals surface area contributed by atoms with Crippen LogP contribution in [-0.4, -0.2) is 42.0 Å².